The van der Waals surface area contributed by atoms with Crippen molar-refractivity contribution in [3.05, 3.63) is 71.3 Å². The Hall–Kier alpha value is -2.95. The van der Waals surface area contributed by atoms with E-state index < -0.39 is 23.8 Å². The first-order valence-corrected chi connectivity index (χ1v) is 8.28. The highest BCUT2D eigenvalue weighted by atomic mass is 16.5. The molecule has 0 fully saturated rings. The highest BCUT2D eigenvalue weighted by Crippen LogP contribution is 2.32. The zero-order chi connectivity index (χ0) is 19.1. The second-order valence-corrected chi connectivity index (χ2v) is 6.03. The molecule has 2 aromatic carbocycles. The summed E-state index contributed by atoms with van der Waals surface area (Å²) in [5.74, 6) is -3.48. The minimum atomic E-state index is -1.21. The Morgan fingerprint density at radius 2 is 1.38 bits per heavy atom. The van der Waals surface area contributed by atoms with E-state index in [9.17, 15) is 14.4 Å². The Morgan fingerprint density at radius 1 is 0.846 bits per heavy atom. The van der Waals surface area contributed by atoms with Gasteiger partial charge in [-0.3, -0.25) is 14.4 Å². The molecule has 0 aliphatic carbocycles. The molecule has 0 radical (unpaired) electrons. The minimum Gasteiger partial charge on any atom is -0.468 e. The van der Waals surface area contributed by atoms with E-state index in [-0.39, 0.29) is 12.2 Å². The summed E-state index contributed by atoms with van der Waals surface area (Å²) in [7, 11) is 2.42. The molecule has 2 rings (SSSR count). The summed E-state index contributed by atoms with van der Waals surface area (Å²) in [5.41, 5.74) is 2.27. The van der Waals surface area contributed by atoms with Crippen LogP contribution in [0.5, 0.6) is 0 Å². The molecule has 5 nitrogen and oxygen atoms in total. The zero-order valence-corrected chi connectivity index (χ0v) is 15.1. The van der Waals surface area contributed by atoms with E-state index >= 15 is 0 Å². The van der Waals surface area contributed by atoms with Crippen LogP contribution in [0.2, 0.25) is 0 Å². The predicted molar refractivity (Wildman–Crippen MR) is 96.8 cm³/mol. The lowest BCUT2D eigenvalue weighted by atomic mass is 9.81. The van der Waals surface area contributed by atoms with Crippen molar-refractivity contribution in [2.45, 2.75) is 19.3 Å². The molecule has 1 atom stereocenters. The summed E-state index contributed by atoms with van der Waals surface area (Å²) in [6.45, 7) is 1.94. The Bertz CT molecular complexity index is 749. The number of carbonyl (C=O) groups is 3. The zero-order valence-electron chi connectivity index (χ0n) is 15.1. The van der Waals surface area contributed by atoms with Crippen LogP contribution in [0, 0.1) is 12.8 Å². The SMILES string of the molecule is COC(=O)C(C(=O)OC)C(CC(=O)c1ccccc1)c1ccc(C)cc1. The quantitative estimate of drug-likeness (QED) is 0.433. The third kappa shape index (κ3) is 4.57. The molecule has 2 aromatic rings. The van der Waals surface area contributed by atoms with Crippen LogP contribution in [0.3, 0.4) is 0 Å². The first-order valence-electron chi connectivity index (χ1n) is 8.28. The van der Waals surface area contributed by atoms with Gasteiger partial charge in [0.1, 0.15) is 0 Å². The number of Topliss-reactive ketones (excluding diaryl/α,β-unsaturated/α-hetero) is 1. The molecular formula is C21H22O5. The average molecular weight is 354 g/mol. The van der Waals surface area contributed by atoms with Crippen molar-refractivity contribution < 1.29 is 23.9 Å². The lowest BCUT2D eigenvalue weighted by Gasteiger charge is -2.23. The molecule has 0 bridgehead atoms. The Kier molecular flexibility index (Phi) is 6.67. The van der Waals surface area contributed by atoms with Gasteiger partial charge in [0.05, 0.1) is 14.2 Å². The number of ether oxygens (including phenoxy) is 2. The molecule has 0 heterocycles. The highest BCUT2D eigenvalue weighted by Gasteiger charge is 2.39. The number of benzene rings is 2. The van der Waals surface area contributed by atoms with Crippen LogP contribution in [-0.4, -0.2) is 31.9 Å². The second kappa shape index (κ2) is 8.94. The van der Waals surface area contributed by atoms with Crippen molar-refractivity contribution in [3.63, 3.8) is 0 Å². The number of ketones is 1. The molecule has 136 valence electrons. The van der Waals surface area contributed by atoms with Gasteiger partial charge in [-0.2, -0.15) is 0 Å². The number of esters is 2. The van der Waals surface area contributed by atoms with Crippen molar-refractivity contribution in [2.75, 3.05) is 14.2 Å². The molecule has 5 heteroatoms. The van der Waals surface area contributed by atoms with E-state index in [0.29, 0.717) is 11.1 Å². The normalized spacial score (nSPS) is 11.7. The highest BCUT2D eigenvalue weighted by molar-refractivity contribution is 6.00. The van der Waals surface area contributed by atoms with Crippen LogP contribution in [0.4, 0.5) is 0 Å². The van der Waals surface area contributed by atoms with Crippen LogP contribution in [0.1, 0.15) is 33.8 Å². The molecule has 0 saturated carbocycles. The van der Waals surface area contributed by atoms with E-state index in [2.05, 4.69) is 0 Å². The maximum atomic E-state index is 12.7. The molecule has 1 unspecified atom stereocenters. The number of hydrogen-bond acceptors (Lipinski definition) is 5. The standard InChI is InChI=1S/C21H22O5/c1-14-9-11-15(12-10-14)17(19(20(23)25-2)21(24)26-3)13-18(22)16-7-5-4-6-8-16/h4-12,17,19H,13H2,1-3H3. The summed E-state index contributed by atoms with van der Waals surface area (Å²) in [5, 5.41) is 0. The number of carbonyl (C=O) groups excluding carboxylic acids is 3. The van der Waals surface area contributed by atoms with Gasteiger partial charge in [0.25, 0.3) is 0 Å². The summed E-state index contributed by atoms with van der Waals surface area (Å²) in [6.07, 6.45) is -0.0120. The number of rotatable bonds is 7. The fourth-order valence-corrected chi connectivity index (χ4v) is 2.86. The van der Waals surface area contributed by atoms with Crippen LogP contribution < -0.4 is 0 Å². The fourth-order valence-electron chi connectivity index (χ4n) is 2.86. The molecule has 26 heavy (non-hydrogen) atoms. The maximum Gasteiger partial charge on any atom is 0.320 e. The lowest BCUT2D eigenvalue weighted by Crippen LogP contribution is -2.33. The first-order chi connectivity index (χ1) is 12.5. The van der Waals surface area contributed by atoms with E-state index in [1.807, 2.05) is 37.3 Å². The average Bonchev–Trinajstić information content (AvgIpc) is 2.68. The van der Waals surface area contributed by atoms with Gasteiger partial charge in [-0.15, -0.1) is 0 Å². The van der Waals surface area contributed by atoms with Crippen molar-refractivity contribution in [1.82, 2.24) is 0 Å². The fraction of sp³-hybridized carbons (Fsp3) is 0.286. The van der Waals surface area contributed by atoms with E-state index in [0.717, 1.165) is 5.56 Å². The van der Waals surface area contributed by atoms with E-state index in [1.54, 1.807) is 24.3 Å². The second-order valence-electron chi connectivity index (χ2n) is 6.03. The smallest absolute Gasteiger partial charge is 0.320 e. The molecule has 0 aliphatic rings. The van der Waals surface area contributed by atoms with Crippen LogP contribution in [-0.2, 0) is 19.1 Å². The van der Waals surface area contributed by atoms with Gasteiger partial charge in [0, 0.05) is 17.9 Å². The molecule has 0 aromatic heterocycles. The molecular weight excluding hydrogens is 332 g/mol. The Balaban J connectivity index is 2.43. The number of hydrogen-bond donors (Lipinski definition) is 0. The minimum absolute atomic E-state index is 0.0120. The summed E-state index contributed by atoms with van der Waals surface area (Å²) < 4.78 is 9.60. The van der Waals surface area contributed by atoms with Gasteiger partial charge in [-0.1, -0.05) is 60.2 Å². The molecule has 0 saturated heterocycles. The van der Waals surface area contributed by atoms with Gasteiger partial charge in [-0.25, -0.2) is 0 Å². The van der Waals surface area contributed by atoms with Crippen LogP contribution >= 0.6 is 0 Å². The van der Waals surface area contributed by atoms with Gasteiger partial charge in [0.15, 0.2) is 11.7 Å². The Morgan fingerprint density at radius 3 is 1.88 bits per heavy atom. The largest absolute Gasteiger partial charge is 0.468 e. The van der Waals surface area contributed by atoms with Gasteiger partial charge >= 0.3 is 11.9 Å². The summed E-state index contributed by atoms with van der Waals surface area (Å²) in [6, 6.07) is 16.2. The molecule has 0 N–H and O–H groups in total. The number of aryl methyl sites for hydroxylation is 1. The molecule has 0 aliphatic heterocycles. The molecule has 0 amide bonds. The van der Waals surface area contributed by atoms with Gasteiger partial charge in [0.2, 0.25) is 0 Å². The van der Waals surface area contributed by atoms with Crippen LogP contribution in [0.15, 0.2) is 54.6 Å². The van der Waals surface area contributed by atoms with E-state index in [1.165, 1.54) is 14.2 Å². The van der Waals surface area contributed by atoms with Crippen molar-refractivity contribution >= 4 is 17.7 Å². The summed E-state index contributed by atoms with van der Waals surface area (Å²) >= 11 is 0. The third-order valence-electron chi connectivity index (χ3n) is 4.32. The van der Waals surface area contributed by atoms with Crippen molar-refractivity contribution in [3.8, 4) is 0 Å². The number of methoxy groups -OCH3 is 2. The van der Waals surface area contributed by atoms with E-state index in [4.69, 9.17) is 9.47 Å². The van der Waals surface area contributed by atoms with Crippen molar-refractivity contribution in [1.29, 1.82) is 0 Å². The predicted octanol–water partition coefficient (Wildman–Crippen LogP) is 3.31. The maximum absolute atomic E-state index is 12.7. The van der Waals surface area contributed by atoms with Crippen LogP contribution in [0.25, 0.3) is 0 Å². The Labute approximate surface area is 152 Å². The van der Waals surface area contributed by atoms with Gasteiger partial charge < -0.3 is 9.47 Å². The van der Waals surface area contributed by atoms with Gasteiger partial charge in [-0.05, 0) is 12.5 Å². The topological polar surface area (TPSA) is 69.7 Å². The third-order valence-corrected chi connectivity index (χ3v) is 4.32. The lowest BCUT2D eigenvalue weighted by molar-refractivity contribution is -0.159. The molecule has 0 spiro atoms. The van der Waals surface area contributed by atoms with Crippen molar-refractivity contribution in [2.24, 2.45) is 5.92 Å². The first kappa shape index (κ1) is 19.4. The summed E-state index contributed by atoms with van der Waals surface area (Å²) in [4.78, 5) is 37.3. The monoisotopic (exact) mass is 354 g/mol.